The number of hydrogen-bond donors (Lipinski definition) is 1. The second-order valence-electron chi connectivity index (χ2n) is 3.05. The maximum atomic E-state index is 12.7. The van der Waals surface area contributed by atoms with Gasteiger partial charge < -0.3 is 9.84 Å². The van der Waals surface area contributed by atoms with Crippen molar-refractivity contribution in [3.63, 3.8) is 0 Å². The number of ether oxygens (including phenoxy) is 1. The number of halogens is 2. The van der Waals surface area contributed by atoms with Crippen LogP contribution in [0.4, 0.5) is 4.39 Å². The molecule has 13 heavy (non-hydrogen) atoms. The highest BCUT2D eigenvalue weighted by Crippen LogP contribution is 2.39. The van der Waals surface area contributed by atoms with Gasteiger partial charge in [0.05, 0.1) is 11.1 Å². The average molecular weight is 203 g/mol. The number of hydrogen-bond acceptors (Lipinski definition) is 2. The molecule has 1 aliphatic rings. The maximum absolute atomic E-state index is 12.7. The summed E-state index contributed by atoms with van der Waals surface area (Å²) < 4.78 is 18.0. The Hall–Kier alpha value is -0.960. The maximum Gasteiger partial charge on any atom is 0.180 e. The van der Waals surface area contributed by atoms with E-state index in [4.69, 9.17) is 16.3 Å². The summed E-state index contributed by atoms with van der Waals surface area (Å²) in [6.45, 7) is 0. The molecule has 70 valence electrons. The molecule has 0 aliphatic heterocycles. The van der Waals surface area contributed by atoms with Crippen molar-refractivity contribution in [3.8, 4) is 11.5 Å². The molecule has 0 atom stereocenters. The van der Waals surface area contributed by atoms with Crippen LogP contribution in [0, 0.1) is 5.82 Å². The monoisotopic (exact) mass is 202 g/mol. The zero-order valence-electron chi connectivity index (χ0n) is 6.76. The quantitative estimate of drug-likeness (QED) is 0.799. The number of aromatic hydroxyl groups is 1. The van der Waals surface area contributed by atoms with E-state index in [-0.39, 0.29) is 22.6 Å². The molecule has 0 radical (unpaired) electrons. The predicted octanol–water partition coefficient (Wildman–Crippen LogP) is 2.73. The lowest BCUT2D eigenvalue weighted by atomic mass is 10.3. The molecule has 0 aromatic heterocycles. The van der Waals surface area contributed by atoms with Gasteiger partial charge in [0.15, 0.2) is 11.5 Å². The largest absolute Gasteiger partial charge is 0.504 e. The zero-order valence-corrected chi connectivity index (χ0v) is 7.51. The van der Waals surface area contributed by atoms with Gasteiger partial charge in [-0.25, -0.2) is 4.39 Å². The number of benzene rings is 1. The van der Waals surface area contributed by atoms with E-state index in [1.807, 2.05) is 0 Å². The van der Waals surface area contributed by atoms with E-state index in [1.165, 1.54) is 0 Å². The first-order chi connectivity index (χ1) is 6.16. The van der Waals surface area contributed by atoms with Gasteiger partial charge in [0, 0.05) is 6.07 Å². The van der Waals surface area contributed by atoms with Crippen LogP contribution in [0.15, 0.2) is 12.1 Å². The zero-order chi connectivity index (χ0) is 9.42. The normalized spacial score (nSPS) is 15.8. The number of rotatable bonds is 2. The van der Waals surface area contributed by atoms with Crippen molar-refractivity contribution < 1.29 is 14.2 Å². The van der Waals surface area contributed by atoms with Crippen LogP contribution in [0.2, 0.25) is 5.02 Å². The van der Waals surface area contributed by atoms with Gasteiger partial charge in [-0.1, -0.05) is 11.6 Å². The Kier molecular flexibility index (Phi) is 2.04. The van der Waals surface area contributed by atoms with Gasteiger partial charge in [-0.05, 0) is 18.9 Å². The first-order valence-corrected chi connectivity index (χ1v) is 4.39. The van der Waals surface area contributed by atoms with Crippen LogP contribution < -0.4 is 4.74 Å². The summed E-state index contributed by atoms with van der Waals surface area (Å²) in [6, 6.07) is 2.11. The Bertz CT molecular complexity index is 313. The summed E-state index contributed by atoms with van der Waals surface area (Å²) in [4.78, 5) is 0. The van der Waals surface area contributed by atoms with Crippen molar-refractivity contribution in [2.24, 2.45) is 0 Å². The van der Waals surface area contributed by atoms with E-state index >= 15 is 0 Å². The standard InChI is InChI=1S/C9H8ClFO2/c10-7-3-5(11)4-8(12)9(7)13-6-1-2-6/h3-4,6,12H,1-2H2. The molecule has 0 spiro atoms. The molecular formula is C9H8ClFO2. The highest BCUT2D eigenvalue weighted by atomic mass is 35.5. The molecule has 1 aromatic rings. The van der Waals surface area contributed by atoms with Gasteiger partial charge >= 0.3 is 0 Å². The molecule has 4 heteroatoms. The molecule has 2 rings (SSSR count). The fourth-order valence-corrected chi connectivity index (χ4v) is 1.26. The van der Waals surface area contributed by atoms with Crippen molar-refractivity contribution >= 4 is 11.6 Å². The van der Waals surface area contributed by atoms with E-state index < -0.39 is 5.82 Å². The van der Waals surface area contributed by atoms with E-state index in [1.54, 1.807) is 0 Å². The summed E-state index contributed by atoms with van der Waals surface area (Å²) in [5.74, 6) is -0.617. The Morgan fingerprint density at radius 2 is 2.15 bits per heavy atom. The highest BCUT2D eigenvalue weighted by molar-refractivity contribution is 6.32. The third-order valence-corrected chi connectivity index (χ3v) is 2.08. The van der Waals surface area contributed by atoms with Gasteiger partial charge in [-0.2, -0.15) is 0 Å². The minimum Gasteiger partial charge on any atom is -0.504 e. The highest BCUT2D eigenvalue weighted by Gasteiger charge is 2.26. The molecule has 0 unspecified atom stereocenters. The first-order valence-electron chi connectivity index (χ1n) is 4.01. The third-order valence-electron chi connectivity index (χ3n) is 1.80. The average Bonchev–Trinajstić information content (AvgIpc) is 2.79. The van der Waals surface area contributed by atoms with E-state index in [0.29, 0.717) is 0 Å². The van der Waals surface area contributed by atoms with Crippen LogP contribution in [0.1, 0.15) is 12.8 Å². The van der Waals surface area contributed by atoms with Crippen molar-refractivity contribution in [3.05, 3.63) is 23.0 Å². The molecule has 1 saturated carbocycles. The number of phenols is 1. The van der Waals surface area contributed by atoms with Gasteiger partial charge in [0.1, 0.15) is 5.82 Å². The van der Waals surface area contributed by atoms with Gasteiger partial charge in [-0.3, -0.25) is 0 Å². The molecule has 0 heterocycles. The molecule has 2 nitrogen and oxygen atoms in total. The van der Waals surface area contributed by atoms with E-state index in [2.05, 4.69) is 0 Å². The molecule has 0 amide bonds. The van der Waals surface area contributed by atoms with Crippen molar-refractivity contribution in [1.82, 2.24) is 0 Å². The summed E-state index contributed by atoms with van der Waals surface area (Å²) in [5.41, 5.74) is 0. The third kappa shape index (κ3) is 1.86. The lowest BCUT2D eigenvalue weighted by Crippen LogP contribution is -1.97. The molecule has 1 fully saturated rings. The van der Waals surface area contributed by atoms with E-state index in [0.717, 1.165) is 25.0 Å². The van der Waals surface area contributed by atoms with Crippen LogP contribution in [0.3, 0.4) is 0 Å². The summed E-state index contributed by atoms with van der Waals surface area (Å²) in [6.07, 6.45) is 2.06. The van der Waals surface area contributed by atoms with E-state index in [9.17, 15) is 9.50 Å². The molecule has 1 N–H and O–H groups in total. The van der Waals surface area contributed by atoms with Crippen LogP contribution >= 0.6 is 11.6 Å². The van der Waals surface area contributed by atoms with Crippen molar-refractivity contribution in [2.45, 2.75) is 18.9 Å². The van der Waals surface area contributed by atoms with Gasteiger partial charge in [-0.15, -0.1) is 0 Å². The SMILES string of the molecule is Oc1cc(F)cc(Cl)c1OC1CC1. The Labute approximate surface area is 79.9 Å². The molecule has 0 bridgehead atoms. The smallest absolute Gasteiger partial charge is 0.180 e. The fraction of sp³-hybridized carbons (Fsp3) is 0.333. The first kappa shape index (κ1) is 8.63. The van der Waals surface area contributed by atoms with Crippen LogP contribution in [-0.4, -0.2) is 11.2 Å². The topological polar surface area (TPSA) is 29.5 Å². The second kappa shape index (κ2) is 3.07. The summed E-state index contributed by atoms with van der Waals surface area (Å²) in [7, 11) is 0. The lowest BCUT2D eigenvalue weighted by molar-refractivity contribution is 0.285. The van der Waals surface area contributed by atoms with Crippen LogP contribution in [-0.2, 0) is 0 Å². The lowest BCUT2D eigenvalue weighted by Gasteiger charge is -2.08. The second-order valence-corrected chi connectivity index (χ2v) is 3.46. The Morgan fingerprint density at radius 1 is 1.46 bits per heavy atom. The van der Waals surface area contributed by atoms with Gasteiger partial charge in [0.25, 0.3) is 0 Å². The summed E-state index contributed by atoms with van der Waals surface area (Å²) in [5, 5.41) is 9.41. The predicted molar refractivity (Wildman–Crippen MR) is 46.7 cm³/mol. The molecule has 1 aromatic carbocycles. The van der Waals surface area contributed by atoms with Crippen LogP contribution in [0.25, 0.3) is 0 Å². The Balaban J connectivity index is 2.31. The van der Waals surface area contributed by atoms with Gasteiger partial charge in [0.2, 0.25) is 0 Å². The fourth-order valence-electron chi connectivity index (χ4n) is 1.02. The van der Waals surface area contributed by atoms with Crippen LogP contribution in [0.5, 0.6) is 11.5 Å². The summed E-state index contributed by atoms with van der Waals surface area (Å²) >= 11 is 5.68. The van der Waals surface area contributed by atoms with Crippen molar-refractivity contribution in [1.29, 1.82) is 0 Å². The minimum atomic E-state index is -0.564. The van der Waals surface area contributed by atoms with Crippen molar-refractivity contribution in [2.75, 3.05) is 0 Å². The molecular weight excluding hydrogens is 195 g/mol. The minimum absolute atomic E-state index is 0.115. The molecule has 0 saturated heterocycles. The Morgan fingerprint density at radius 3 is 2.69 bits per heavy atom. The number of phenolic OH excluding ortho intramolecular Hbond substituents is 1. The molecule has 1 aliphatic carbocycles.